The van der Waals surface area contributed by atoms with E-state index in [-0.39, 0.29) is 5.91 Å². The molecule has 1 saturated carbocycles. The summed E-state index contributed by atoms with van der Waals surface area (Å²) >= 11 is 0. The van der Waals surface area contributed by atoms with E-state index in [2.05, 4.69) is 0 Å². The van der Waals surface area contributed by atoms with Crippen molar-refractivity contribution in [1.82, 2.24) is 4.90 Å². The van der Waals surface area contributed by atoms with Gasteiger partial charge in [0.25, 0.3) is 5.91 Å². The van der Waals surface area contributed by atoms with Crippen LogP contribution in [0.5, 0.6) is 5.75 Å². The first-order valence-corrected chi connectivity index (χ1v) is 6.19. The van der Waals surface area contributed by atoms with Crippen LogP contribution >= 0.6 is 0 Å². The van der Waals surface area contributed by atoms with Crippen LogP contribution in [0.4, 0.5) is 0 Å². The second-order valence-electron chi connectivity index (χ2n) is 4.60. The summed E-state index contributed by atoms with van der Waals surface area (Å²) in [6.45, 7) is 3.49. The van der Waals surface area contributed by atoms with Gasteiger partial charge >= 0.3 is 0 Å². The van der Waals surface area contributed by atoms with E-state index in [9.17, 15) is 4.79 Å². The Morgan fingerprint density at radius 3 is 2.53 bits per heavy atom. The van der Waals surface area contributed by atoms with E-state index in [1.54, 1.807) is 11.9 Å². The number of carbonyl (C=O) groups is 1. The summed E-state index contributed by atoms with van der Waals surface area (Å²) in [5.74, 6) is 1.66. The molecule has 0 aliphatic heterocycles. The molecule has 1 fully saturated rings. The number of amides is 1. The molecular formula is C14H19NO2. The number of hydrogen-bond acceptors (Lipinski definition) is 2. The SMILES string of the molecule is CCN(C)C(=O)c1ccc(OCC2CC2)cc1. The zero-order valence-electron chi connectivity index (χ0n) is 10.5. The van der Waals surface area contributed by atoms with Crippen LogP contribution < -0.4 is 4.74 Å². The molecule has 0 aromatic heterocycles. The number of ether oxygens (including phenoxy) is 1. The van der Waals surface area contributed by atoms with E-state index >= 15 is 0 Å². The predicted molar refractivity (Wildman–Crippen MR) is 67.3 cm³/mol. The summed E-state index contributed by atoms with van der Waals surface area (Å²) in [5, 5.41) is 0. The molecule has 0 N–H and O–H groups in total. The van der Waals surface area contributed by atoms with Crippen LogP contribution in [0.2, 0.25) is 0 Å². The first-order chi connectivity index (χ1) is 8.20. The van der Waals surface area contributed by atoms with Crippen molar-refractivity contribution < 1.29 is 9.53 Å². The standard InChI is InChI=1S/C14H19NO2/c1-3-15(2)14(16)12-6-8-13(9-7-12)17-10-11-4-5-11/h6-9,11H,3-5,10H2,1-2H3. The van der Waals surface area contributed by atoms with Gasteiger partial charge in [-0.25, -0.2) is 0 Å². The maximum absolute atomic E-state index is 11.8. The lowest BCUT2D eigenvalue weighted by Gasteiger charge is -2.14. The van der Waals surface area contributed by atoms with Gasteiger partial charge in [0.15, 0.2) is 0 Å². The third-order valence-electron chi connectivity index (χ3n) is 3.10. The number of hydrogen-bond donors (Lipinski definition) is 0. The third-order valence-corrected chi connectivity index (χ3v) is 3.10. The Morgan fingerprint density at radius 2 is 2.00 bits per heavy atom. The van der Waals surface area contributed by atoms with Crippen molar-refractivity contribution in [2.45, 2.75) is 19.8 Å². The smallest absolute Gasteiger partial charge is 0.253 e. The Bertz CT molecular complexity index is 382. The van der Waals surface area contributed by atoms with Gasteiger partial charge in [-0.1, -0.05) is 0 Å². The van der Waals surface area contributed by atoms with Crippen molar-refractivity contribution in [2.24, 2.45) is 5.92 Å². The molecule has 0 bridgehead atoms. The normalized spacial score (nSPS) is 14.5. The topological polar surface area (TPSA) is 29.5 Å². The number of carbonyl (C=O) groups excluding carboxylic acids is 1. The molecule has 17 heavy (non-hydrogen) atoms. The quantitative estimate of drug-likeness (QED) is 0.782. The molecule has 3 nitrogen and oxygen atoms in total. The van der Waals surface area contributed by atoms with Gasteiger partial charge in [0.2, 0.25) is 0 Å². The molecule has 1 aromatic rings. The first kappa shape index (κ1) is 12.0. The minimum absolute atomic E-state index is 0.0567. The van der Waals surface area contributed by atoms with Crippen molar-refractivity contribution in [1.29, 1.82) is 0 Å². The zero-order valence-corrected chi connectivity index (χ0v) is 10.5. The van der Waals surface area contributed by atoms with Gasteiger partial charge in [0.1, 0.15) is 5.75 Å². The minimum atomic E-state index is 0.0567. The summed E-state index contributed by atoms with van der Waals surface area (Å²) in [6.07, 6.45) is 2.58. The molecule has 0 atom stereocenters. The van der Waals surface area contributed by atoms with Gasteiger partial charge in [-0.15, -0.1) is 0 Å². The average molecular weight is 233 g/mol. The fraction of sp³-hybridized carbons (Fsp3) is 0.500. The van der Waals surface area contributed by atoms with Gasteiger partial charge in [-0.05, 0) is 49.9 Å². The van der Waals surface area contributed by atoms with Crippen molar-refractivity contribution in [3.63, 3.8) is 0 Å². The van der Waals surface area contributed by atoms with Crippen LogP contribution in [-0.4, -0.2) is 31.0 Å². The van der Waals surface area contributed by atoms with Gasteiger partial charge in [0, 0.05) is 19.2 Å². The summed E-state index contributed by atoms with van der Waals surface area (Å²) in [7, 11) is 1.81. The summed E-state index contributed by atoms with van der Waals surface area (Å²) < 4.78 is 5.63. The molecule has 1 aromatic carbocycles. The second-order valence-corrected chi connectivity index (χ2v) is 4.60. The van der Waals surface area contributed by atoms with Crippen LogP contribution in [0.25, 0.3) is 0 Å². The molecule has 92 valence electrons. The van der Waals surface area contributed by atoms with E-state index in [1.807, 2.05) is 31.2 Å². The molecule has 3 heteroatoms. The highest BCUT2D eigenvalue weighted by molar-refractivity contribution is 5.94. The molecule has 0 heterocycles. The van der Waals surface area contributed by atoms with E-state index in [0.717, 1.165) is 24.8 Å². The maximum Gasteiger partial charge on any atom is 0.253 e. The van der Waals surface area contributed by atoms with E-state index in [1.165, 1.54) is 12.8 Å². The fourth-order valence-corrected chi connectivity index (χ4v) is 1.56. The lowest BCUT2D eigenvalue weighted by atomic mass is 10.2. The van der Waals surface area contributed by atoms with Gasteiger partial charge in [-0.2, -0.15) is 0 Å². The van der Waals surface area contributed by atoms with Crippen molar-refractivity contribution in [2.75, 3.05) is 20.2 Å². The van der Waals surface area contributed by atoms with Crippen LogP contribution in [0.3, 0.4) is 0 Å². The van der Waals surface area contributed by atoms with Crippen LogP contribution in [0.1, 0.15) is 30.1 Å². The Balaban J connectivity index is 1.93. The molecule has 0 unspecified atom stereocenters. The fourth-order valence-electron chi connectivity index (χ4n) is 1.56. The minimum Gasteiger partial charge on any atom is -0.493 e. The van der Waals surface area contributed by atoms with E-state index in [4.69, 9.17) is 4.74 Å². The summed E-state index contributed by atoms with van der Waals surface area (Å²) in [5.41, 5.74) is 0.716. The molecule has 1 aliphatic rings. The van der Waals surface area contributed by atoms with Crippen molar-refractivity contribution >= 4 is 5.91 Å². The molecular weight excluding hydrogens is 214 g/mol. The van der Waals surface area contributed by atoms with E-state index < -0.39 is 0 Å². The Kier molecular flexibility index (Phi) is 3.67. The van der Waals surface area contributed by atoms with Gasteiger partial charge in [0.05, 0.1) is 6.61 Å². The monoisotopic (exact) mass is 233 g/mol. The van der Waals surface area contributed by atoms with Crippen molar-refractivity contribution in [3.05, 3.63) is 29.8 Å². The number of rotatable bonds is 5. The van der Waals surface area contributed by atoms with E-state index in [0.29, 0.717) is 5.56 Å². The molecule has 0 saturated heterocycles. The highest BCUT2D eigenvalue weighted by atomic mass is 16.5. The van der Waals surface area contributed by atoms with Crippen LogP contribution in [0, 0.1) is 5.92 Å². The molecule has 0 spiro atoms. The van der Waals surface area contributed by atoms with Gasteiger partial charge in [-0.3, -0.25) is 4.79 Å². The predicted octanol–water partition coefficient (Wildman–Crippen LogP) is 2.57. The number of nitrogens with zero attached hydrogens (tertiary/aromatic N) is 1. The largest absolute Gasteiger partial charge is 0.493 e. The number of benzene rings is 1. The average Bonchev–Trinajstić information content (AvgIpc) is 3.19. The highest BCUT2D eigenvalue weighted by Crippen LogP contribution is 2.29. The zero-order chi connectivity index (χ0) is 12.3. The lowest BCUT2D eigenvalue weighted by molar-refractivity contribution is 0.0802. The van der Waals surface area contributed by atoms with Crippen LogP contribution in [0.15, 0.2) is 24.3 Å². The summed E-state index contributed by atoms with van der Waals surface area (Å²) in [4.78, 5) is 13.5. The maximum atomic E-state index is 11.8. The lowest BCUT2D eigenvalue weighted by Crippen LogP contribution is -2.26. The highest BCUT2D eigenvalue weighted by Gasteiger charge is 2.21. The Labute approximate surface area is 102 Å². The molecule has 0 radical (unpaired) electrons. The Hall–Kier alpha value is -1.51. The Morgan fingerprint density at radius 1 is 1.35 bits per heavy atom. The molecule has 1 amide bonds. The third kappa shape index (κ3) is 3.22. The van der Waals surface area contributed by atoms with Crippen LogP contribution in [-0.2, 0) is 0 Å². The molecule has 2 rings (SSSR count). The van der Waals surface area contributed by atoms with Crippen molar-refractivity contribution in [3.8, 4) is 5.75 Å². The van der Waals surface area contributed by atoms with Gasteiger partial charge < -0.3 is 9.64 Å². The molecule has 1 aliphatic carbocycles. The first-order valence-electron chi connectivity index (χ1n) is 6.19. The summed E-state index contributed by atoms with van der Waals surface area (Å²) in [6, 6.07) is 7.41. The second kappa shape index (κ2) is 5.21.